The van der Waals surface area contributed by atoms with Crippen LogP contribution in [0.1, 0.15) is 22.1 Å². The van der Waals surface area contributed by atoms with Crippen LogP contribution >= 0.6 is 35.3 Å². The summed E-state index contributed by atoms with van der Waals surface area (Å²) in [6.07, 6.45) is 0.944. The van der Waals surface area contributed by atoms with Gasteiger partial charge in [-0.25, -0.2) is 4.99 Å². The van der Waals surface area contributed by atoms with E-state index in [0.29, 0.717) is 13.1 Å². The van der Waals surface area contributed by atoms with Crippen molar-refractivity contribution < 1.29 is 9.47 Å². The molecule has 3 rings (SSSR count). The van der Waals surface area contributed by atoms with Crippen LogP contribution in [0.25, 0.3) is 0 Å². The van der Waals surface area contributed by atoms with Crippen LogP contribution in [-0.4, -0.2) is 53.4 Å². The number of aryl methyl sites for hydroxylation is 1. The maximum absolute atomic E-state index is 5.56. The number of aromatic nitrogens is 3. The second-order valence-corrected chi connectivity index (χ2v) is 8.18. The van der Waals surface area contributed by atoms with Gasteiger partial charge in [-0.2, -0.15) is 0 Å². The van der Waals surface area contributed by atoms with Crippen molar-refractivity contribution in [2.75, 3.05) is 27.8 Å². The van der Waals surface area contributed by atoms with Gasteiger partial charge in [0.25, 0.3) is 0 Å². The minimum Gasteiger partial charge on any atom is -0.497 e. The van der Waals surface area contributed by atoms with Crippen LogP contribution in [0.3, 0.4) is 0 Å². The molecule has 3 aromatic rings. The monoisotopic (exact) mass is 570 g/mol. The fraction of sp³-hybridized carbons (Fsp3) is 0.409. The third kappa shape index (κ3) is 6.83. The molecule has 1 aromatic carbocycles. The van der Waals surface area contributed by atoms with Gasteiger partial charge in [-0.1, -0.05) is 6.07 Å². The van der Waals surface area contributed by atoms with Crippen molar-refractivity contribution >= 4 is 41.3 Å². The molecule has 0 atom stereocenters. The molecule has 0 aliphatic heterocycles. The fourth-order valence-electron chi connectivity index (χ4n) is 3.11. The molecule has 0 amide bonds. The lowest BCUT2D eigenvalue weighted by Crippen LogP contribution is -2.39. The van der Waals surface area contributed by atoms with Gasteiger partial charge >= 0.3 is 0 Å². The van der Waals surface area contributed by atoms with Gasteiger partial charge < -0.3 is 24.3 Å². The van der Waals surface area contributed by atoms with E-state index in [0.717, 1.165) is 47.6 Å². The molecule has 0 saturated carbocycles. The number of guanidine groups is 1. The van der Waals surface area contributed by atoms with E-state index in [2.05, 4.69) is 37.9 Å². The lowest BCUT2D eigenvalue weighted by Gasteiger charge is -2.23. The molecule has 8 nitrogen and oxygen atoms in total. The number of nitrogens with one attached hydrogen (secondary N) is 1. The zero-order valence-corrected chi connectivity index (χ0v) is 22.3. The zero-order valence-electron chi connectivity index (χ0n) is 19.2. The topological polar surface area (TPSA) is 76.8 Å². The Balaban J connectivity index is 0.00000363. The van der Waals surface area contributed by atoms with Crippen LogP contribution in [-0.2, 0) is 26.6 Å². The van der Waals surface area contributed by atoms with E-state index >= 15 is 0 Å². The Bertz CT molecular complexity index is 1010. The first-order valence-corrected chi connectivity index (χ1v) is 11.0. The van der Waals surface area contributed by atoms with Crippen LogP contribution in [0.2, 0.25) is 0 Å². The van der Waals surface area contributed by atoms with Gasteiger partial charge in [0.05, 0.1) is 14.2 Å². The molecule has 32 heavy (non-hydrogen) atoms. The number of hydrogen-bond acceptors (Lipinski definition) is 6. The van der Waals surface area contributed by atoms with Crippen molar-refractivity contribution in [1.29, 1.82) is 0 Å². The smallest absolute Gasteiger partial charge is 0.194 e. The number of nitrogens with zero attached hydrogens (tertiary/aromatic N) is 5. The van der Waals surface area contributed by atoms with Crippen molar-refractivity contribution in [1.82, 2.24) is 25.0 Å². The molecule has 0 fully saturated rings. The Labute approximate surface area is 210 Å². The molecule has 0 aliphatic rings. The molecule has 174 valence electrons. The first-order chi connectivity index (χ1) is 15.0. The fourth-order valence-corrected chi connectivity index (χ4v) is 3.82. The highest BCUT2D eigenvalue weighted by atomic mass is 127. The van der Waals surface area contributed by atoms with Crippen LogP contribution in [0.4, 0.5) is 0 Å². The molecular weight excluding hydrogens is 539 g/mol. The first kappa shape index (κ1) is 25.9. The molecule has 0 bridgehead atoms. The quantitative estimate of drug-likeness (QED) is 0.241. The lowest BCUT2D eigenvalue weighted by molar-refractivity contribution is 0.382. The summed E-state index contributed by atoms with van der Waals surface area (Å²) in [6.45, 7) is 3.81. The molecular formula is C22H31IN6O2S. The van der Waals surface area contributed by atoms with Gasteiger partial charge in [0.1, 0.15) is 23.9 Å². The summed E-state index contributed by atoms with van der Waals surface area (Å²) in [4.78, 5) is 8.25. The standard InChI is InChI=1S/C22H30N6O2S.HI/c1-16-25-26-21(28(16)3)14-24-22(23-11-10-19-7-6-12-31-19)27(2)15-17-8-9-18(29-4)13-20(17)30-5;/h6-9,12-13H,10-11,14-15H2,1-5H3,(H,23,24);1H. The normalized spacial score (nSPS) is 11.1. The zero-order chi connectivity index (χ0) is 22.2. The van der Waals surface area contributed by atoms with Gasteiger partial charge in [0.15, 0.2) is 11.8 Å². The lowest BCUT2D eigenvalue weighted by atomic mass is 10.2. The SMILES string of the molecule is COc1ccc(CN(C)C(=NCc2nnc(C)n2C)NCCc2cccs2)c(OC)c1.I. The molecule has 2 heterocycles. The van der Waals surface area contributed by atoms with E-state index in [1.807, 2.05) is 43.8 Å². The van der Waals surface area contributed by atoms with Gasteiger partial charge in [-0.3, -0.25) is 0 Å². The number of hydrogen-bond donors (Lipinski definition) is 1. The van der Waals surface area contributed by atoms with E-state index in [9.17, 15) is 0 Å². The Morgan fingerprint density at radius 2 is 2.03 bits per heavy atom. The second-order valence-electron chi connectivity index (χ2n) is 7.15. The third-order valence-corrected chi connectivity index (χ3v) is 5.99. The molecule has 1 N–H and O–H groups in total. The van der Waals surface area contributed by atoms with Crippen molar-refractivity contribution in [3.05, 3.63) is 57.8 Å². The number of thiophene rings is 1. The third-order valence-electron chi connectivity index (χ3n) is 5.05. The largest absolute Gasteiger partial charge is 0.497 e. The summed E-state index contributed by atoms with van der Waals surface area (Å²) in [7, 11) is 7.29. The van der Waals surface area contributed by atoms with Gasteiger partial charge in [0, 0.05) is 43.7 Å². The molecule has 2 aromatic heterocycles. The molecule has 0 spiro atoms. The van der Waals surface area contributed by atoms with E-state index in [1.165, 1.54) is 4.88 Å². The summed E-state index contributed by atoms with van der Waals surface area (Å²) in [5.41, 5.74) is 1.05. The Morgan fingerprint density at radius 3 is 2.66 bits per heavy atom. The van der Waals surface area contributed by atoms with Crippen molar-refractivity contribution in [2.45, 2.75) is 26.4 Å². The summed E-state index contributed by atoms with van der Waals surface area (Å²) >= 11 is 1.77. The predicted octanol–water partition coefficient (Wildman–Crippen LogP) is 3.64. The summed E-state index contributed by atoms with van der Waals surface area (Å²) in [6, 6.07) is 10.1. The Morgan fingerprint density at radius 1 is 1.22 bits per heavy atom. The highest BCUT2D eigenvalue weighted by molar-refractivity contribution is 14.0. The van der Waals surface area contributed by atoms with Crippen LogP contribution in [0.15, 0.2) is 40.7 Å². The number of aliphatic imine (C=N–C) groups is 1. The van der Waals surface area contributed by atoms with Gasteiger partial charge in [-0.05, 0) is 36.9 Å². The number of rotatable bonds is 9. The Kier molecular flexibility index (Phi) is 10.2. The average Bonchev–Trinajstić information content (AvgIpc) is 3.41. The highest BCUT2D eigenvalue weighted by Crippen LogP contribution is 2.25. The molecule has 0 aliphatic carbocycles. The highest BCUT2D eigenvalue weighted by Gasteiger charge is 2.13. The number of benzene rings is 1. The predicted molar refractivity (Wildman–Crippen MR) is 139 cm³/mol. The molecule has 0 radical (unpaired) electrons. The van der Waals surface area contributed by atoms with Gasteiger partial charge in [-0.15, -0.1) is 45.5 Å². The van der Waals surface area contributed by atoms with Crippen molar-refractivity contribution in [3.63, 3.8) is 0 Å². The van der Waals surface area contributed by atoms with Crippen LogP contribution < -0.4 is 14.8 Å². The maximum Gasteiger partial charge on any atom is 0.194 e. The summed E-state index contributed by atoms with van der Waals surface area (Å²) < 4.78 is 12.8. The minimum atomic E-state index is 0. The van der Waals surface area contributed by atoms with Gasteiger partial charge in [0.2, 0.25) is 0 Å². The molecule has 0 saturated heterocycles. The number of halogens is 1. The molecule has 10 heteroatoms. The minimum absolute atomic E-state index is 0. The number of methoxy groups -OCH3 is 2. The summed E-state index contributed by atoms with van der Waals surface area (Å²) in [5.74, 6) is 4.05. The van der Waals surface area contributed by atoms with E-state index < -0.39 is 0 Å². The second kappa shape index (κ2) is 12.6. The molecule has 0 unspecified atom stereocenters. The van der Waals surface area contributed by atoms with E-state index in [1.54, 1.807) is 25.6 Å². The van der Waals surface area contributed by atoms with Crippen LogP contribution in [0.5, 0.6) is 11.5 Å². The number of ether oxygens (including phenoxy) is 2. The average molecular weight is 571 g/mol. The van der Waals surface area contributed by atoms with E-state index in [4.69, 9.17) is 14.5 Å². The van der Waals surface area contributed by atoms with Crippen molar-refractivity contribution in [2.24, 2.45) is 12.0 Å². The maximum atomic E-state index is 5.56. The Hall–Kier alpha value is -2.34. The first-order valence-electron chi connectivity index (χ1n) is 10.1. The van der Waals surface area contributed by atoms with Crippen molar-refractivity contribution in [3.8, 4) is 11.5 Å². The van der Waals surface area contributed by atoms with E-state index in [-0.39, 0.29) is 24.0 Å². The summed E-state index contributed by atoms with van der Waals surface area (Å²) in [5, 5.41) is 13.9. The van der Waals surface area contributed by atoms with Crippen LogP contribution in [0, 0.1) is 6.92 Å².